The Labute approximate surface area is 186 Å². The number of piperidine rings is 1. The van der Waals surface area contributed by atoms with Crippen LogP contribution in [0.1, 0.15) is 24.0 Å². The smallest absolute Gasteiger partial charge is 0.317 e. The van der Waals surface area contributed by atoms with Crippen LogP contribution in [0.5, 0.6) is 11.5 Å². The van der Waals surface area contributed by atoms with E-state index in [-0.39, 0.29) is 6.03 Å². The molecule has 3 rings (SSSR count). The van der Waals surface area contributed by atoms with Gasteiger partial charge >= 0.3 is 6.03 Å². The minimum absolute atomic E-state index is 0.0499. The zero-order chi connectivity index (χ0) is 22.1. The summed E-state index contributed by atoms with van der Waals surface area (Å²) >= 11 is 0. The van der Waals surface area contributed by atoms with Crippen molar-refractivity contribution in [1.29, 1.82) is 0 Å². The first kappa shape index (κ1) is 22.9. The maximum atomic E-state index is 12.6. The van der Waals surface area contributed by atoms with Crippen LogP contribution in [-0.4, -0.2) is 69.3 Å². The SMILES string of the molecule is COc1ccc(CCN(C)C2CCCN(C(=O)NCCc3ccccc3)C2)cc1OC. The average Bonchev–Trinajstić information content (AvgIpc) is 2.83. The molecule has 1 atom stereocenters. The predicted molar refractivity (Wildman–Crippen MR) is 124 cm³/mol. The molecule has 6 heteroatoms. The van der Waals surface area contributed by atoms with Crippen molar-refractivity contribution < 1.29 is 14.3 Å². The third-order valence-corrected chi connectivity index (χ3v) is 6.04. The van der Waals surface area contributed by atoms with E-state index in [0.717, 1.165) is 56.8 Å². The number of urea groups is 1. The minimum atomic E-state index is 0.0499. The zero-order valence-electron chi connectivity index (χ0n) is 19.0. The van der Waals surface area contributed by atoms with Gasteiger partial charge in [0.1, 0.15) is 0 Å². The molecule has 0 spiro atoms. The van der Waals surface area contributed by atoms with Gasteiger partial charge in [-0.15, -0.1) is 0 Å². The molecule has 31 heavy (non-hydrogen) atoms. The van der Waals surface area contributed by atoms with Gasteiger partial charge in [-0.25, -0.2) is 4.79 Å². The largest absolute Gasteiger partial charge is 0.493 e. The van der Waals surface area contributed by atoms with E-state index < -0.39 is 0 Å². The summed E-state index contributed by atoms with van der Waals surface area (Å²) in [5.74, 6) is 1.51. The van der Waals surface area contributed by atoms with E-state index in [1.54, 1.807) is 14.2 Å². The molecule has 1 heterocycles. The number of rotatable bonds is 9. The fourth-order valence-corrected chi connectivity index (χ4v) is 4.09. The molecule has 0 radical (unpaired) electrons. The molecule has 2 aromatic carbocycles. The van der Waals surface area contributed by atoms with Gasteiger partial charge in [0.25, 0.3) is 0 Å². The molecule has 1 N–H and O–H groups in total. The predicted octanol–water partition coefficient (Wildman–Crippen LogP) is 3.59. The van der Waals surface area contributed by atoms with Gasteiger partial charge in [-0.2, -0.15) is 0 Å². The quantitative estimate of drug-likeness (QED) is 0.667. The molecule has 0 bridgehead atoms. The molecule has 2 amide bonds. The van der Waals surface area contributed by atoms with Crippen LogP contribution in [0.15, 0.2) is 48.5 Å². The number of likely N-dealkylation sites (N-methyl/N-ethyl adjacent to an activating group) is 1. The molecule has 6 nitrogen and oxygen atoms in total. The summed E-state index contributed by atoms with van der Waals surface area (Å²) in [4.78, 5) is 17.0. The van der Waals surface area contributed by atoms with Crippen molar-refractivity contribution in [3.8, 4) is 11.5 Å². The van der Waals surface area contributed by atoms with Crippen LogP contribution in [-0.2, 0) is 12.8 Å². The van der Waals surface area contributed by atoms with Crippen molar-refractivity contribution in [3.63, 3.8) is 0 Å². The summed E-state index contributed by atoms with van der Waals surface area (Å²) in [5, 5.41) is 3.08. The van der Waals surface area contributed by atoms with E-state index in [0.29, 0.717) is 12.6 Å². The van der Waals surface area contributed by atoms with Crippen molar-refractivity contribution in [1.82, 2.24) is 15.1 Å². The first-order valence-corrected chi connectivity index (χ1v) is 11.1. The van der Waals surface area contributed by atoms with Crippen LogP contribution in [0, 0.1) is 0 Å². The van der Waals surface area contributed by atoms with Crippen molar-refractivity contribution in [2.45, 2.75) is 31.7 Å². The summed E-state index contributed by atoms with van der Waals surface area (Å²) in [6.07, 6.45) is 3.94. The van der Waals surface area contributed by atoms with Gasteiger partial charge in [0, 0.05) is 32.2 Å². The molecule has 1 unspecified atom stereocenters. The molecule has 0 saturated carbocycles. The first-order chi connectivity index (χ1) is 15.1. The third-order valence-electron chi connectivity index (χ3n) is 6.04. The van der Waals surface area contributed by atoms with Gasteiger partial charge in [0.15, 0.2) is 11.5 Å². The van der Waals surface area contributed by atoms with Crippen molar-refractivity contribution >= 4 is 6.03 Å². The standard InChI is InChI=1S/C25H35N3O3/c1-27(17-14-21-11-12-23(30-2)24(18-21)31-3)22-10-7-16-28(19-22)25(29)26-15-13-20-8-5-4-6-9-20/h4-6,8-9,11-12,18,22H,7,10,13-17,19H2,1-3H3,(H,26,29). The molecular formula is C25H35N3O3. The fourth-order valence-electron chi connectivity index (χ4n) is 4.09. The van der Waals surface area contributed by atoms with E-state index in [1.807, 2.05) is 35.2 Å². The Morgan fingerprint density at radius 2 is 1.84 bits per heavy atom. The summed E-state index contributed by atoms with van der Waals surface area (Å²) in [5.41, 5.74) is 2.46. The Kier molecular flexibility index (Phi) is 8.59. The Morgan fingerprint density at radius 1 is 1.06 bits per heavy atom. The topological polar surface area (TPSA) is 54.0 Å². The highest BCUT2D eigenvalue weighted by Gasteiger charge is 2.26. The maximum absolute atomic E-state index is 12.6. The molecular weight excluding hydrogens is 390 g/mol. The van der Waals surface area contributed by atoms with E-state index in [1.165, 1.54) is 11.1 Å². The number of methoxy groups -OCH3 is 2. The molecule has 1 aliphatic heterocycles. The number of ether oxygens (including phenoxy) is 2. The Morgan fingerprint density at radius 3 is 2.58 bits per heavy atom. The lowest BCUT2D eigenvalue weighted by Gasteiger charge is -2.37. The Balaban J connectivity index is 1.45. The van der Waals surface area contributed by atoms with Gasteiger partial charge in [0.2, 0.25) is 0 Å². The number of benzene rings is 2. The second-order valence-electron chi connectivity index (χ2n) is 8.13. The third kappa shape index (κ3) is 6.62. The van der Waals surface area contributed by atoms with Crippen LogP contribution in [0.25, 0.3) is 0 Å². The van der Waals surface area contributed by atoms with Crippen LogP contribution >= 0.6 is 0 Å². The summed E-state index contributed by atoms with van der Waals surface area (Å²) in [6, 6.07) is 16.8. The van der Waals surface area contributed by atoms with Crippen molar-refractivity contribution in [3.05, 3.63) is 59.7 Å². The lowest BCUT2D eigenvalue weighted by molar-refractivity contribution is 0.127. The van der Waals surface area contributed by atoms with Crippen molar-refractivity contribution in [2.24, 2.45) is 0 Å². The number of nitrogens with one attached hydrogen (secondary N) is 1. The fraction of sp³-hybridized carbons (Fsp3) is 0.480. The van der Waals surface area contributed by atoms with Crippen LogP contribution in [0.2, 0.25) is 0 Å². The van der Waals surface area contributed by atoms with E-state index in [4.69, 9.17) is 9.47 Å². The number of amides is 2. The molecule has 0 aliphatic carbocycles. The lowest BCUT2D eigenvalue weighted by atomic mass is 10.0. The molecule has 0 aromatic heterocycles. The number of carbonyl (C=O) groups excluding carboxylic acids is 1. The molecule has 168 valence electrons. The number of hydrogen-bond acceptors (Lipinski definition) is 4. The highest BCUT2D eigenvalue weighted by molar-refractivity contribution is 5.74. The summed E-state index contributed by atoms with van der Waals surface area (Å²) < 4.78 is 10.7. The maximum Gasteiger partial charge on any atom is 0.317 e. The van der Waals surface area contributed by atoms with Crippen LogP contribution in [0.3, 0.4) is 0 Å². The zero-order valence-corrected chi connectivity index (χ0v) is 19.0. The van der Waals surface area contributed by atoms with Crippen LogP contribution < -0.4 is 14.8 Å². The van der Waals surface area contributed by atoms with Crippen LogP contribution in [0.4, 0.5) is 4.79 Å². The number of nitrogens with zero attached hydrogens (tertiary/aromatic N) is 2. The van der Waals surface area contributed by atoms with Gasteiger partial charge in [-0.05, 0) is 56.0 Å². The van der Waals surface area contributed by atoms with E-state index in [2.05, 4.69) is 35.5 Å². The number of hydrogen-bond donors (Lipinski definition) is 1. The average molecular weight is 426 g/mol. The monoisotopic (exact) mass is 425 g/mol. The highest BCUT2D eigenvalue weighted by Crippen LogP contribution is 2.28. The highest BCUT2D eigenvalue weighted by atomic mass is 16.5. The first-order valence-electron chi connectivity index (χ1n) is 11.1. The van der Waals surface area contributed by atoms with E-state index >= 15 is 0 Å². The van der Waals surface area contributed by atoms with E-state index in [9.17, 15) is 4.79 Å². The molecule has 1 saturated heterocycles. The van der Waals surface area contributed by atoms with Gasteiger partial charge in [-0.1, -0.05) is 36.4 Å². The second kappa shape index (κ2) is 11.6. The van der Waals surface area contributed by atoms with Gasteiger partial charge in [-0.3, -0.25) is 0 Å². The Hall–Kier alpha value is -2.73. The molecule has 1 fully saturated rings. The minimum Gasteiger partial charge on any atom is -0.493 e. The van der Waals surface area contributed by atoms with Gasteiger partial charge < -0.3 is 24.6 Å². The molecule has 2 aromatic rings. The summed E-state index contributed by atoms with van der Waals surface area (Å²) in [6.45, 7) is 3.21. The molecule has 1 aliphatic rings. The second-order valence-corrected chi connectivity index (χ2v) is 8.13. The summed E-state index contributed by atoms with van der Waals surface area (Å²) in [7, 11) is 5.47. The van der Waals surface area contributed by atoms with Crippen molar-refractivity contribution in [2.75, 3.05) is 47.4 Å². The number of likely N-dealkylation sites (tertiary alicyclic amines) is 1. The number of carbonyl (C=O) groups is 1. The Bertz CT molecular complexity index is 828. The van der Waals surface area contributed by atoms with Gasteiger partial charge in [0.05, 0.1) is 14.2 Å². The lowest BCUT2D eigenvalue weighted by Crippen LogP contribution is -2.52. The normalized spacial score (nSPS) is 16.3.